The molecule has 12 heavy (non-hydrogen) atoms. The van der Waals surface area contributed by atoms with Crippen molar-refractivity contribution < 1.29 is 19.4 Å². The molecule has 0 aromatic heterocycles. The van der Waals surface area contributed by atoms with Gasteiger partial charge in [-0.1, -0.05) is 12.7 Å². The minimum atomic E-state index is -1.18. The SMILES string of the molecule is C=CCOC(=O)/C=C\C(=O)O.[SnH4]. The molecule has 0 saturated heterocycles. The van der Waals surface area contributed by atoms with Crippen LogP contribution < -0.4 is 0 Å². The van der Waals surface area contributed by atoms with E-state index in [0.717, 1.165) is 6.08 Å². The molecule has 0 amide bonds. The van der Waals surface area contributed by atoms with Gasteiger partial charge in [-0.05, 0) is 0 Å². The molecule has 4 nitrogen and oxygen atoms in total. The number of aliphatic carboxylic acids is 1. The molecule has 0 fully saturated rings. The van der Waals surface area contributed by atoms with Crippen molar-refractivity contribution in [2.24, 2.45) is 0 Å². The summed E-state index contributed by atoms with van der Waals surface area (Å²) in [4.78, 5) is 20.3. The predicted octanol–water partition coefficient (Wildman–Crippen LogP) is -1.10. The molecule has 0 bridgehead atoms. The van der Waals surface area contributed by atoms with Crippen LogP contribution in [0.2, 0.25) is 0 Å². The van der Waals surface area contributed by atoms with Crippen LogP contribution in [0.25, 0.3) is 0 Å². The van der Waals surface area contributed by atoms with Gasteiger partial charge in [0, 0.05) is 12.2 Å². The Balaban J connectivity index is 0. The molecule has 5 heteroatoms. The zero-order valence-corrected chi connectivity index (χ0v) is 5.82. The third-order valence-corrected chi connectivity index (χ3v) is 0.705. The van der Waals surface area contributed by atoms with Crippen LogP contribution in [0.1, 0.15) is 0 Å². The number of hydrogen-bond donors (Lipinski definition) is 1. The summed E-state index contributed by atoms with van der Waals surface area (Å²) in [5.74, 6) is -1.87. The maximum absolute atomic E-state index is 10.5. The van der Waals surface area contributed by atoms with Gasteiger partial charge in [0.15, 0.2) is 0 Å². The fourth-order valence-corrected chi connectivity index (χ4v) is 0.329. The van der Waals surface area contributed by atoms with Gasteiger partial charge >= 0.3 is 35.8 Å². The van der Waals surface area contributed by atoms with E-state index in [0.29, 0.717) is 6.08 Å². The number of esters is 1. The molecule has 0 aromatic rings. The fraction of sp³-hybridized carbons (Fsp3) is 0.143. The standard InChI is InChI=1S/C7H8O4.Sn.4H/c1-2-5-11-7(10)4-3-6(8)9;;;;;/h2-4H,1,5H2,(H,8,9);;;;;/b4-3-;;;;;. The average Bonchev–Trinajstić information content (AvgIpc) is 1.97. The first-order valence-electron chi connectivity index (χ1n) is 2.85. The van der Waals surface area contributed by atoms with E-state index >= 15 is 0 Å². The molecule has 1 N–H and O–H groups in total. The fourth-order valence-electron chi connectivity index (χ4n) is 0.329. The van der Waals surface area contributed by atoms with Crippen molar-refractivity contribution in [3.05, 3.63) is 24.8 Å². The second-order valence-corrected chi connectivity index (χ2v) is 1.59. The second kappa shape index (κ2) is 8.32. The van der Waals surface area contributed by atoms with Gasteiger partial charge in [-0.2, -0.15) is 0 Å². The van der Waals surface area contributed by atoms with Gasteiger partial charge in [0.1, 0.15) is 6.61 Å². The molecule has 0 aromatic carbocycles. The number of rotatable bonds is 4. The Kier molecular flexibility index (Phi) is 9.55. The van der Waals surface area contributed by atoms with Crippen LogP contribution in [0.15, 0.2) is 24.8 Å². The maximum atomic E-state index is 10.5. The van der Waals surface area contributed by atoms with E-state index in [1.54, 1.807) is 0 Å². The Morgan fingerprint density at radius 2 is 2.00 bits per heavy atom. The summed E-state index contributed by atoms with van der Waals surface area (Å²) in [7, 11) is 0. The van der Waals surface area contributed by atoms with Crippen LogP contribution in [0.3, 0.4) is 0 Å². The van der Waals surface area contributed by atoms with E-state index in [9.17, 15) is 9.59 Å². The van der Waals surface area contributed by atoms with Crippen molar-refractivity contribution in [2.45, 2.75) is 0 Å². The van der Waals surface area contributed by atoms with Crippen LogP contribution >= 0.6 is 0 Å². The monoisotopic (exact) mass is 280 g/mol. The van der Waals surface area contributed by atoms with E-state index in [1.165, 1.54) is 6.08 Å². The summed E-state index contributed by atoms with van der Waals surface area (Å²) in [5, 5.41) is 8.07. The van der Waals surface area contributed by atoms with Gasteiger partial charge in [0.25, 0.3) is 0 Å². The molecule has 0 radical (unpaired) electrons. The van der Waals surface area contributed by atoms with E-state index in [2.05, 4.69) is 11.3 Å². The zero-order valence-electron chi connectivity index (χ0n) is 5.82. The van der Waals surface area contributed by atoms with Gasteiger partial charge in [0.05, 0.1) is 0 Å². The van der Waals surface area contributed by atoms with E-state index in [1.807, 2.05) is 0 Å². The van der Waals surface area contributed by atoms with Gasteiger partial charge in [0.2, 0.25) is 0 Å². The quantitative estimate of drug-likeness (QED) is 0.307. The molecular formula is C7H12O4Sn. The van der Waals surface area contributed by atoms with Gasteiger partial charge < -0.3 is 9.84 Å². The van der Waals surface area contributed by atoms with E-state index in [-0.39, 0.29) is 30.5 Å². The second-order valence-electron chi connectivity index (χ2n) is 1.59. The molecule has 0 atom stereocenters. The van der Waals surface area contributed by atoms with Crippen molar-refractivity contribution >= 4 is 35.8 Å². The molecule has 0 spiro atoms. The molecule has 0 heterocycles. The Morgan fingerprint density at radius 3 is 2.42 bits per heavy atom. The van der Waals surface area contributed by atoms with Crippen molar-refractivity contribution in [1.29, 1.82) is 0 Å². The summed E-state index contributed by atoms with van der Waals surface area (Å²) < 4.78 is 4.43. The predicted molar refractivity (Wildman–Crippen MR) is 49.3 cm³/mol. The number of carbonyl (C=O) groups excluding carboxylic acids is 1. The van der Waals surface area contributed by atoms with Crippen LogP contribution in [0.5, 0.6) is 0 Å². The average molecular weight is 279 g/mol. The third-order valence-electron chi connectivity index (χ3n) is 0.705. The summed E-state index contributed by atoms with van der Waals surface area (Å²) in [6.45, 7) is 3.40. The van der Waals surface area contributed by atoms with Gasteiger partial charge in [-0.3, -0.25) is 0 Å². The number of carboxylic acid groups (broad SMARTS) is 1. The van der Waals surface area contributed by atoms with Crippen molar-refractivity contribution in [3.63, 3.8) is 0 Å². The molecule has 0 unspecified atom stereocenters. The van der Waals surface area contributed by atoms with Gasteiger partial charge in [-0.15, -0.1) is 0 Å². The Labute approximate surface area is 86.9 Å². The first kappa shape index (κ1) is 13.8. The molecular weight excluding hydrogens is 267 g/mol. The summed E-state index contributed by atoms with van der Waals surface area (Å²) in [6.07, 6.45) is 2.95. The molecule has 0 aliphatic heterocycles. The first-order valence-corrected chi connectivity index (χ1v) is 2.85. The van der Waals surface area contributed by atoms with Crippen molar-refractivity contribution in [3.8, 4) is 0 Å². The van der Waals surface area contributed by atoms with Crippen molar-refractivity contribution in [1.82, 2.24) is 0 Å². The molecule has 0 rings (SSSR count). The number of ether oxygens (including phenoxy) is 1. The van der Waals surface area contributed by atoms with Crippen LogP contribution in [0, 0.1) is 0 Å². The van der Waals surface area contributed by atoms with E-state index in [4.69, 9.17) is 5.11 Å². The van der Waals surface area contributed by atoms with Crippen LogP contribution in [-0.4, -0.2) is 47.6 Å². The third kappa shape index (κ3) is 9.22. The first-order chi connectivity index (χ1) is 5.16. The Hall–Kier alpha value is -0.781. The number of hydrogen-bond acceptors (Lipinski definition) is 3. The molecule has 0 saturated carbocycles. The Morgan fingerprint density at radius 1 is 1.42 bits per heavy atom. The summed E-state index contributed by atoms with van der Waals surface area (Å²) in [5.41, 5.74) is 0. The summed E-state index contributed by atoms with van der Waals surface area (Å²) in [6, 6.07) is 0. The topological polar surface area (TPSA) is 63.6 Å². The zero-order chi connectivity index (χ0) is 8.69. The van der Waals surface area contributed by atoms with Crippen molar-refractivity contribution in [2.75, 3.05) is 6.61 Å². The van der Waals surface area contributed by atoms with Crippen LogP contribution in [-0.2, 0) is 14.3 Å². The molecule has 68 valence electrons. The number of carbonyl (C=O) groups is 2. The molecule has 0 aliphatic carbocycles. The normalized spacial score (nSPS) is 8.67. The van der Waals surface area contributed by atoms with Gasteiger partial charge in [-0.25, -0.2) is 9.59 Å². The summed E-state index contributed by atoms with van der Waals surface area (Å²) >= 11 is 0. The number of carboxylic acids is 1. The Bertz CT molecular complexity index is 198. The minimum absolute atomic E-state index is 0. The van der Waals surface area contributed by atoms with Crippen LogP contribution in [0.4, 0.5) is 0 Å². The molecule has 0 aliphatic rings. The van der Waals surface area contributed by atoms with E-state index < -0.39 is 11.9 Å².